The van der Waals surface area contributed by atoms with Gasteiger partial charge in [0.1, 0.15) is 0 Å². The molecule has 126 valence electrons. The molecule has 0 spiro atoms. The molecule has 0 aromatic heterocycles. The van der Waals surface area contributed by atoms with E-state index in [9.17, 15) is 5.11 Å². The topological polar surface area (TPSA) is 35.8 Å². The summed E-state index contributed by atoms with van der Waals surface area (Å²) >= 11 is 0. The molecule has 0 unspecified atom stereocenters. The van der Waals surface area contributed by atoms with Crippen LogP contribution in [0.3, 0.4) is 0 Å². The first kappa shape index (κ1) is 17.7. The van der Waals surface area contributed by atoms with Crippen LogP contribution < -0.4 is 0 Å². The first-order valence-corrected chi connectivity index (χ1v) is 9.25. The molecule has 3 nitrogen and oxygen atoms in total. The molecule has 0 aromatic rings. The van der Waals surface area contributed by atoms with E-state index in [1.807, 2.05) is 0 Å². The smallest absolute Gasteiger partial charge is 0.0541 e. The van der Waals surface area contributed by atoms with Crippen LogP contribution in [-0.2, 0) is 0 Å². The van der Waals surface area contributed by atoms with Crippen molar-refractivity contribution < 1.29 is 5.11 Å². The molecule has 1 aliphatic heterocycles. The van der Waals surface area contributed by atoms with Crippen molar-refractivity contribution in [2.75, 3.05) is 13.1 Å². The Bertz CT molecular complexity index is 417. The quantitative estimate of drug-likeness (QED) is 0.774. The van der Waals surface area contributed by atoms with Crippen LogP contribution in [0.2, 0.25) is 0 Å². The number of aliphatic imine (C=N–C) groups is 1. The molecule has 1 N–H and O–H groups in total. The summed E-state index contributed by atoms with van der Waals surface area (Å²) in [6, 6.07) is 0.672. The van der Waals surface area contributed by atoms with Gasteiger partial charge in [0.2, 0.25) is 0 Å². The molecule has 1 aliphatic carbocycles. The van der Waals surface area contributed by atoms with Crippen molar-refractivity contribution in [1.29, 1.82) is 0 Å². The summed E-state index contributed by atoms with van der Waals surface area (Å²) in [4.78, 5) is 7.67. The van der Waals surface area contributed by atoms with Gasteiger partial charge in [-0.05, 0) is 50.0 Å². The summed E-state index contributed by atoms with van der Waals surface area (Å²) in [6.07, 6.45) is 7.47. The van der Waals surface area contributed by atoms with Crippen LogP contribution in [0.15, 0.2) is 16.3 Å². The highest BCUT2D eigenvalue weighted by atomic mass is 16.3. The molecule has 2 aliphatic rings. The summed E-state index contributed by atoms with van der Waals surface area (Å²) < 4.78 is 0. The largest absolute Gasteiger partial charge is 0.393 e. The SMILES string of the molecule is CCC1=C(/N=C(\CC)C(C)C)CCN([C@H]2CC[C@@H](O)CC2)C1. The van der Waals surface area contributed by atoms with Gasteiger partial charge < -0.3 is 5.11 Å². The highest BCUT2D eigenvalue weighted by molar-refractivity contribution is 5.86. The Morgan fingerprint density at radius 3 is 2.45 bits per heavy atom. The molecule has 2 rings (SSSR count). The van der Waals surface area contributed by atoms with E-state index in [-0.39, 0.29) is 6.10 Å². The van der Waals surface area contributed by atoms with Crippen molar-refractivity contribution in [1.82, 2.24) is 4.90 Å². The van der Waals surface area contributed by atoms with Crippen molar-refractivity contribution in [2.45, 2.75) is 84.8 Å². The molecule has 0 amide bonds. The van der Waals surface area contributed by atoms with E-state index in [1.54, 1.807) is 0 Å². The molecule has 0 saturated heterocycles. The third-order valence-corrected chi connectivity index (χ3v) is 5.35. The molecule has 3 heteroatoms. The van der Waals surface area contributed by atoms with Crippen LogP contribution in [-0.4, -0.2) is 41.0 Å². The number of aliphatic hydroxyl groups is 1. The molecule has 0 radical (unpaired) electrons. The van der Waals surface area contributed by atoms with Gasteiger partial charge in [-0.25, -0.2) is 0 Å². The number of nitrogens with zero attached hydrogens (tertiary/aromatic N) is 2. The van der Waals surface area contributed by atoms with Crippen molar-refractivity contribution in [3.8, 4) is 0 Å². The fraction of sp³-hybridized carbons (Fsp3) is 0.842. The Morgan fingerprint density at radius 2 is 1.91 bits per heavy atom. The molecule has 0 atom stereocenters. The van der Waals surface area contributed by atoms with E-state index in [4.69, 9.17) is 4.99 Å². The van der Waals surface area contributed by atoms with E-state index in [0.29, 0.717) is 12.0 Å². The average Bonchev–Trinajstić information content (AvgIpc) is 2.53. The predicted octanol–water partition coefficient (Wildman–Crippen LogP) is 4.17. The fourth-order valence-electron chi connectivity index (χ4n) is 3.82. The Labute approximate surface area is 136 Å². The Kier molecular flexibility index (Phi) is 6.64. The van der Waals surface area contributed by atoms with Crippen LogP contribution in [0.5, 0.6) is 0 Å². The Morgan fingerprint density at radius 1 is 1.23 bits per heavy atom. The average molecular weight is 306 g/mol. The third kappa shape index (κ3) is 4.42. The maximum absolute atomic E-state index is 9.70. The van der Waals surface area contributed by atoms with Crippen LogP contribution in [0, 0.1) is 5.92 Å². The molecular weight excluding hydrogens is 272 g/mol. The molecule has 1 saturated carbocycles. The molecule has 0 bridgehead atoms. The van der Waals surface area contributed by atoms with Crippen LogP contribution in [0.4, 0.5) is 0 Å². The predicted molar refractivity (Wildman–Crippen MR) is 94.3 cm³/mol. The normalized spacial score (nSPS) is 28.5. The lowest BCUT2D eigenvalue weighted by Gasteiger charge is -2.39. The summed E-state index contributed by atoms with van der Waals surface area (Å²) in [5.41, 5.74) is 4.24. The fourth-order valence-corrected chi connectivity index (χ4v) is 3.82. The van der Waals surface area contributed by atoms with E-state index in [2.05, 4.69) is 32.6 Å². The van der Waals surface area contributed by atoms with Crippen LogP contribution in [0.25, 0.3) is 0 Å². The highest BCUT2D eigenvalue weighted by Crippen LogP contribution is 2.29. The zero-order valence-corrected chi connectivity index (χ0v) is 14.9. The second-order valence-electron chi connectivity index (χ2n) is 7.20. The van der Waals surface area contributed by atoms with E-state index < -0.39 is 0 Å². The van der Waals surface area contributed by atoms with Gasteiger partial charge in [0, 0.05) is 37.0 Å². The highest BCUT2D eigenvalue weighted by Gasteiger charge is 2.28. The second-order valence-corrected chi connectivity index (χ2v) is 7.20. The van der Waals surface area contributed by atoms with Gasteiger partial charge in [0.05, 0.1) is 6.10 Å². The van der Waals surface area contributed by atoms with Gasteiger partial charge in [0.15, 0.2) is 0 Å². The lowest BCUT2D eigenvalue weighted by Crippen LogP contribution is -2.42. The van der Waals surface area contributed by atoms with Gasteiger partial charge in [-0.1, -0.05) is 27.7 Å². The van der Waals surface area contributed by atoms with Crippen molar-refractivity contribution in [3.63, 3.8) is 0 Å². The van der Waals surface area contributed by atoms with Crippen molar-refractivity contribution in [3.05, 3.63) is 11.3 Å². The maximum Gasteiger partial charge on any atom is 0.0541 e. The Hall–Kier alpha value is -0.670. The zero-order chi connectivity index (χ0) is 16.1. The number of aliphatic hydroxyl groups excluding tert-OH is 1. The van der Waals surface area contributed by atoms with Crippen molar-refractivity contribution in [2.24, 2.45) is 10.9 Å². The van der Waals surface area contributed by atoms with Gasteiger partial charge in [0.25, 0.3) is 0 Å². The van der Waals surface area contributed by atoms with E-state index in [0.717, 1.165) is 58.0 Å². The van der Waals surface area contributed by atoms with Gasteiger partial charge in [-0.3, -0.25) is 9.89 Å². The summed E-state index contributed by atoms with van der Waals surface area (Å²) in [6.45, 7) is 11.2. The molecule has 0 aromatic carbocycles. The lowest BCUT2D eigenvalue weighted by molar-refractivity contribution is 0.0754. The summed E-state index contributed by atoms with van der Waals surface area (Å²) in [5.74, 6) is 0.550. The monoisotopic (exact) mass is 306 g/mol. The second kappa shape index (κ2) is 8.26. The molecular formula is C19H34N2O. The number of hydrogen-bond donors (Lipinski definition) is 1. The number of rotatable bonds is 5. The van der Waals surface area contributed by atoms with E-state index in [1.165, 1.54) is 17.0 Å². The minimum absolute atomic E-state index is 0.0551. The van der Waals surface area contributed by atoms with Crippen LogP contribution in [0.1, 0.15) is 72.6 Å². The van der Waals surface area contributed by atoms with E-state index >= 15 is 0 Å². The molecule has 22 heavy (non-hydrogen) atoms. The minimum atomic E-state index is -0.0551. The number of hydrogen-bond acceptors (Lipinski definition) is 3. The molecule has 1 fully saturated rings. The minimum Gasteiger partial charge on any atom is -0.393 e. The first-order chi connectivity index (χ1) is 10.5. The maximum atomic E-state index is 9.70. The van der Waals surface area contributed by atoms with Gasteiger partial charge in [-0.15, -0.1) is 0 Å². The van der Waals surface area contributed by atoms with Gasteiger partial charge in [-0.2, -0.15) is 0 Å². The summed E-state index contributed by atoms with van der Waals surface area (Å²) in [7, 11) is 0. The van der Waals surface area contributed by atoms with Crippen LogP contribution >= 0.6 is 0 Å². The standard InChI is InChI=1S/C19H34N2O/c1-5-15-13-21(16-7-9-17(22)10-8-16)12-11-19(15)20-18(6-2)14(3)4/h14,16-17,22H,5-13H2,1-4H3/b20-18+/t16-,17+. The lowest BCUT2D eigenvalue weighted by atomic mass is 9.90. The molecule has 1 heterocycles. The van der Waals surface area contributed by atoms with Gasteiger partial charge >= 0.3 is 0 Å². The van der Waals surface area contributed by atoms with Crippen molar-refractivity contribution >= 4 is 5.71 Å². The Balaban J connectivity index is 2.07. The third-order valence-electron chi connectivity index (χ3n) is 5.35. The first-order valence-electron chi connectivity index (χ1n) is 9.25. The summed E-state index contributed by atoms with van der Waals surface area (Å²) in [5, 5.41) is 9.70. The zero-order valence-electron chi connectivity index (χ0n) is 14.9.